The molecule has 0 bridgehead atoms. The van der Waals surface area contributed by atoms with Gasteiger partial charge in [-0.25, -0.2) is 0 Å². The molecule has 0 aromatic rings. The standard InChI is InChI=1S/C10H24N2O/c1-6-13-10(8(4)5)9(12-11)7(2)3/h7-10,12H,6,11H2,1-5H3. The van der Waals surface area contributed by atoms with Crippen LogP contribution in [0.2, 0.25) is 0 Å². The molecule has 0 saturated carbocycles. The van der Waals surface area contributed by atoms with Crippen molar-refractivity contribution in [2.75, 3.05) is 6.61 Å². The quantitative estimate of drug-likeness (QED) is 0.491. The summed E-state index contributed by atoms with van der Waals surface area (Å²) in [6, 6.07) is 0.236. The minimum absolute atomic E-state index is 0.204. The molecule has 2 unspecified atom stereocenters. The van der Waals surface area contributed by atoms with Crippen molar-refractivity contribution in [3.63, 3.8) is 0 Å². The first-order chi connectivity index (χ1) is 6.04. The molecule has 0 rings (SSSR count). The number of hydrogen-bond acceptors (Lipinski definition) is 3. The summed E-state index contributed by atoms with van der Waals surface area (Å²) >= 11 is 0. The Hall–Kier alpha value is -0.120. The summed E-state index contributed by atoms with van der Waals surface area (Å²) in [6.45, 7) is 11.4. The number of ether oxygens (including phenoxy) is 1. The maximum Gasteiger partial charge on any atom is 0.0766 e. The van der Waals surface area contributed by atoms with Crippen molar-refractivity contribution >= 4 is 0 Å². The summed E-state index contributed by atoms with van der Waals surface area (Å²) in [4.78, 5) is 0. The highest BCUT2D eigenvalue weighted by molar-refractivity contribution is 4.80. The van der Waals surface area contributed by atoms with Crippen molar-refractivity contribution in [2.45, 2.75) is 46.8 Å². The smallest absolute Gasteiger partial charge is 0.0766 e. The van der Waals surface area contributed by atoms with Crippen molar-refractivity contribution < 1.29 is 4.74 Å². The Labute approximate surface area is 82.0 Å². The van der Waals surface area contributed by atoms with Crippen LogP contribution < -0.4 is 11.3 Å². The molecule has 0 aliphatic carbocycles. The van der Waals surface area contributed by atoms with Crippen LogP contribution in [0.3, 0.4) is 0 Å². The van der Waals surface area contributed by atoms with Gasteiger partial charge in [-0.15, -0.1) is 0 Å². The molecule has 0 spiro atoms. The Bertz CT molecular complexity index is 126. The number of hydrazine groups is 1. The van der Waals surface area contributed by atoms with Gasteiger partial charge in [0, 0.05) is 12.6 Å². The third-order valence-corrected chi connectivity index (χ3v) is 2.28. The van der Waals surface area contributed by atoms with Crippen LogP contribution in [0, 0.1) is 11.8 Å². The highest BCUT2D eigenvalue weighted by Crippen LogP contribution is 2.16. The largest absolute Gasteiger partial charge is 0.377 e. The maximum atomic E-state index is 5.68. The van der Waals surface area contributed by atoms with Gasteiger partial charge in [-0.1, -0.05) is 27.7 Å². The van der Waals surface area contributed by atoms with E-state index in [4.69, 9.17) is 10.6 Å². The van der Waals surface area contributed by atoms with Crippen LogP contribution in [-0.2, 0) is 4.74 Å². The molecule has 80 valence electrons. The lowest BCUT2D eigenvalue weighted by molar-refractivity contribution is -0.00793. The molecule has 0 heterocycles. The fraction of sp³-hybridized carbons (Fsp3) is 1.00. The van der Waals surface area contributed by atoms with E-state index >= 15 is 0 Å². The summed E-state index contributed by atoms with van der Waals surface area (Å²) in [5.41, 5.74) is 2.84. The third-order valence-electron chi connectivity index (χ3n) is 2.28. The second-order valence-corrected chi connectivity index (χ2v) is 4.10. The van der Waals surface area contributed by atoms with Gasteiger partial charge in [0.15, 0.2) is 0 Å². The fourth-order valence-corrected chi connectivity index (χ4v) is 1.57. The first kappa shape index (κ1) is 12.9. The summed E-state index contributed by atoms with van der Waals surface area (Å²) in [5.74, 6) is 6.49. The van der Waals surface area contributed by atoms with Crippen LogP contribution in [-0.4, -0.2) is 18.8 Å². The van der Waals surface area contributed by atoms with Crippen molar-refractivity contribution in [3.8, 4) is 0 Å². The highest BCUT2D eigenvalue weighted by Gasteiger charge is 2.26. The van der Waals surface area contributed by atoms with Gasteiger partial charge >= 0.3 is 0 Å². The van der Waals surface area contributed by atoms with E-state index in [1.165, 1.54) is 0 Å². The number of nitrogens with one attached hydrogen (secondary N) is 1. The Morgan fingerprint density at radius 3 is 1.92 bits per heavy atom. The summed E-state index contributed by atoms with van der Waals surface area (Å²) in [7, 11) is 0. The molecule has 3 N–H and O–H groups in total. The number of nitrogens with two attached hydrogens (primary N) is 1. The summed E-state index contributed by atoms with van der Waals surface area (Å²) in [6.07, 6.45) is 0.204. The van der Waals surface area contributed by atoms with E-state index in [2.05, 4.69) is 33.1 Å². The first-order valence-electron chi connectivity index (χ1n) is 5.12. The molecule has 3 nitrogen and oxygen atoms in total. The van der Waals surface area contributed by atoms with Crippen molar-refractivity contribution in [1.82, 2.24) is 5.43 Å². The monoisotopic (exact) mass is 188 g/mol. The fourth-order valence-electron chi connectivity index (χ4n) is 1.57. The predicted molar refractivity (Wildman–Crippen MR) is 56.2 cm³/mol. The van der Waals surface area contributed by atoms with E-state index in [0.29, 0.717) is 11.8 Å². The molecule has 3 heteroatoms. The third kappa shape index (κ3) is 4.07. The average Bonchev–Trinajstić information content (AvgIpc) is 2.03. The van der Waals surface area contributed by atoms with Gasteiger partial charge in [0.05, 0.1) is 6.10 Å². The first-order valence-corrected chi connectivity index (χ1v) is 5.12. The van der Waals surface area contributed by atoms with Crippen molar-refractivity contribution in [1.29, 1.82) is 0 Å². The molecular weight excluding hydrogens is 164 g/mol. The van der Waals surface area contributed by atoms with Crippen molar-refractivity contribution in [3.05, 3.63) is 0 Å². The van der Waals surface area contributed by atoms with Gasteiger partial charge in [-0.05, 0) is 18.8 Å². The normalized spacial score (nSPS) is 16.6. The zero-order chi connectivity index (χ0) is 10.4. The molecule has 0 aromatic carbocycles. The Morgan fingerprint density at radius 1 is 1.15 bits per heavy atom. The highest BCUT2D eigenvalue weighted by atomic mass is 16.5. The second kappa shape index (κ2) is 6.35. The Balaban J connectivity index is 4.29. The van der Waals surface area contributed by atoms with Gasteiger partial charge in [0.2, 0.25) is 0 Å². The number of hydrogen-bond donors (Lipinski definition) is 2. The lowest BCUT2D eigenvalue weighted by Gasteiger charge is -2.32. The zero-order valence-electron chi connectivity index (χ0n) is 9.50. The molecule has 0 aliphatic heterocycles. The summed E-state index contributed by atoms with van der Waals surface area (Å²) in [5, 5.41) is 0. The minimum atomic E-state index is 0.204. The molecule has 0 aromatic heterocycles. The van der Waals surface area contributed by atoms with Crippen LogP contribution in [0.1, 0.15) is 34.6 Å². The van der Waals surface area contributed by atoms with E-state index < -0.39 is 0 Å². The lowest BCUT2D eigenvalue weighted by atomic mass is 9.92. The Kier molecular flexibility index (Phi) is 6.29. The van der Waals surface area contributed by atoms with Crippen LogP contribution in [0.15, 0.2) is 0 Å². The van der Waals surface area contributed by atoms with Crippen LogP contribution in [0.25, 0.3) is 0 Å². The molecule has 13 heavy (non-hydrogen) atoms. The lowest BCUT2D eigenvalue weighted by Crippen LogP contribution is -2.50. The summed E-state index contributed by atoms with van der Waals surface area (Å²) < 4.78 is 5.68. The zero-order valence-corrected chi connectivity index (χ0v) is 9.50. The number of rotatable bonds is 6. The topological polar surface area (TPSA) is 47.3 Å². The molecule has 0 fully saturated rings. The molecule has 0 saturated heterocycles. The second-order valence-electron chi connectivity index (χ2n) is 4.10. The van der Waals surface area contributed by atoms with Crippen molar-refractivity contribution in [2.24, 2.45) is 17.7 Å². The van der Waals surface area contributed by atoms with Gasteiger partial charge in [-0.3, -0.25) is 11.3 Å². The van der Waals surface area contributed by atoms with Gasteiger partial charge in [-0.2, -0.15) is 0 Å². The SMILES string of the molecule is CCOC(C(C)C)C(NN)C(C)C. The Morgan fingerprint density at radius 2 is 1.69 bits per heavy atom. The van der Waals surface area contributed by atoms with Crippen LogP contribution >= 0.6 is 0 Å². The molecular formula is C10H24N2O. The average molecular weight is 188 g/mol. The minimum Gasteiger partial charge on any atom is -0.377 e. The molecule has 0 radical (unpaired) electrons. The van der Waals surface area contributed by atoms with Crippen LogP contribution in [0.5, 0.6) is 0 Å². The van der Waals surface area contributed by atoms with E-state index in [1.54, 1.807) is 0 Å². The van der Waals surface area contributed by atoms with E-state index in [-0.39, 0.29) is 12.1 Å². The van der Waals surface area contributed by atoms with Gasteiger partial charge in [0.1, 0.15) is 0 Å². The molecule has 0 aliphatic rings. The van der Waals surface area contributed by atoms with E-state index in [9.17, 15) is 0 Å². The van der Waals surface area contributed by atoms with Gasteiger partial charge < -0.3 is 4.74 Å². The van der Waals surface area contributed by atoms with Crippen LogP contribution in [0.4, 0.5) is 0 Å². The molecule has 2 atom stereocenters. The van der Waals surface area contributed by atoms with E-state index in [1.807, 2.05) is 6.92 Å². The van der Waals surface area contributed by atoms with Gasteiger partial charge in [0.25, 0.3) is 0 Å². The predicted octanol–water partition coefficient (Wildman–Crippen LogP) is 1.54. The maximum absolute atomic E-state index is 5.68. The van der Waals surface area contributed by atoms with E-state index in [0.717, 1.165) is 6.61 Å². The molecule has 0 amide bonds.